The Morgan fingerprint density at radius 1 is 0.950 bits per heavy atom. The van der Waals surface area contributed by atoms with E-state index in [2.05, 4.69) is 20.8 Å². The van der Waals surface area contributed by atoms with Gasteiger partial charge in [0.05, 0.1) is 31.0 Å². The van der Waals surface area contributed by atoms with Crippen molar-refractivity contribution in [3.05, 3.63) is 0 Å². The number of amides is 1. The molecule has 5 aliphatic carbocycles. The highest BCUT2D eigenvalue weighted by molar-refractivity contribution is 5.68. The van der Waals surface area contributed by atoms with Gasteiger partial charge < -0.3 is 29.3 Å². The van der Waals surface area contributed by atoms with Crippen LogP contribution in [0.4, 0.5) is 4.79 Å². The smallest absolute Gasteiger partial charge is 0.410 e. The van der Waals surface area contributed by atoms with Crippen LogP contribution in [0.15, 0.2) is 0 Å². The predicted molar refractivity (Wildman–Crippen MR) is 151 cm³/mol. The first kappa shape index (κ1) is 27.9. The average Bonchev–Trinajstić information content (AvgIpc) is 3.49. The Balaban J connectivity index is 1.07. The Bertz CT molecular complexity index is 1020. The van der Waals surface area contributed by atoms with Crippen LogP contribution in [0.2, 0.25) is 0 Å². The minimum Gasteiger partial charge on any atom is -0.446 e. The summed E-state index contributed by atoms with van der Waals surface area (Å²) in [6, 6.07) is 0. The fourth-order valence-electron chi connectivity index (χ4n) is 12.1. The van der Waals surface area contributed by atoms with Crippen LogP contribution in [0.3, 0.4) is 0 Å². The third-order valence-electron chi connectivity index (χ3n) is 14.1. The highest BCUT2D eigenvalue weighted by atomic mass is 16.6. The molecule has 40 heavy (non-hydrogen) atoms. The van der Waals surface area contributed by atoms with Gasteiger partial charge in [-0.1, -0.05) is 20.8 Å². The van der Waals surface area contributed by atoms with Gasteiger partial charge in [-0.15, -0.1) is 0 Å². The summed E-state index contributed by atoms with van der Waals surface area (Å²) in [6.07, 6.45) is 10.7. The summed E-state index contributed by atoms with van der Waals surface area (Å²) in [4.78, 5) is 14.9. The van der Waals surface area contributed by atoms with Crippen LogP contribution in [-0.2, 0) is 14.2 Å². The first-order chi connectivity index (χ1) is 18.8. The lowest BCUT2D eigenvalue weighted by molar-refractivity contribution is -0.177. The van der Waals surface area contributed by atoms with Gasteiger partial charge in [0.2, 0.25) is 0 Å². The molecule has 0 radical (unpaired) electrons. The molecule has 7 fully saturated rings. The molecule has 7 nitrogen and oxygen atoms in total. The van der Waals surface area contributed by atoms with Crippen LogP contribution in [0.1, 0.15) is 98.8 Å². The fourth-order valence-corrected chi connectivity index (χ4v) is 12.1. The molecule has 11 atom stereocenters. The molecule has 7 heteroatoms. The second-order valence-electron chi connectivity index (χ2n) is 16.4. The molecule has 1 amide bonds. The molecule has 0 aromatic heterocycles. The Hall–Kier alpha value is -0.890. The molecule has 7 rings (SSSR count). The fraction of sp³-hybridized carbons (Fsp3) is 0.970. The highest BCUT2D eigenvalue weighted by Crippen LogP contribution is 2.87. The van der Waals surface area contributed by atoms with E-state index in [4.69, 9.17) is 14.2 Å². The van der Waals surface area contributed by atoms with Crippen LogP contribution in [0.5, 0.6) is 0 Å². The van der Waals surface area contributed by atoms with Crippen LogP contribution in [0, 0.1) is 45.3 Å². The molecule has 2 spiro atoms. The molecule has 0 aromatic carbocycles. The number of carbonyl (C=O) groups is 1. The van der Waals surface area contributed by atoms with Crippen LogP contribution >= 0.6 is 0 Å². The zero-order valence-corrected chi connectivity index (χ0v) is 25.5. The Kier molecular flexibility index (Phi) is 6.32. The van der Waals surface area contributed by atoms with Crippen molar-refractivity contribution in [3.8, 4) is 0 Å². The second-order valence-corrected chi connectivity index (χ2v) is 16.4. The van der Waals surface area contributed by atoms with Crippen molar-refractivity contribution in [3.63, 3.8) is 0 Å². The molecule has 2 aliphatic heterocycles. The Morgan fingerprint density at radius 3 is 2.40 bits per heavy atom. The summed E-state index contributed by atoms with van der Waals surface area (Å²) in [6.45, 7) is 13.2. The minimum atomic E-state index is -1.14. The van der Waals surface area contributed by atoms with Gasteiger partial charge in [-0.2, -0.15) is 0 Å². The van der Waals surface area contributed by atoms with Crippen molar-refractivity contribution in [1.82, 2.24) is 4.90 Å². The van der Waals surface area contributed by atoms with E-state index >= 15 is 0 Å². The van der Waals surface area contributed by atoms with Gasteiger partial charge in [0.15, 0.2) is 0 Å². The van der Waals surface area contributed by atoms with Crippen molar-refractivity contribution in [1.29, 1.82) is 0 Å². The number of aliphatic hydroxyl groups excluding tert-OH is 1. The van der Waals surface area contributed by atoms with E-state index in [1.807, 2.05) is 4.90 Å². The zero-order chi connectivity index (χ0) is 28.3. The number of rotatable bonds is 3. The monoisotopic (exact) mass is 559 g/mol. The molecular formula is C33H53NO6. The van der Waals surface area contributed by atoms with Gasteiger partial charge in [-0.25, -0.2) is 4.79 Å². The molecule has 226 valence electrons. The van der Waals surface area contributed by atoms with E-state index in [0.29, 0.717) is 60.3 Å². The lowest BCUT2D eigenvalue weighted by Gasteiger charge is -2.59. The molecule has 7 aliphatic rings. The number of fused-ring (bicyclic) bond motifs is 4. The topological polar surface area (TPSA) is 88.5 Å². The quantitative estimate of drug-likeness (QED) is 0.497. The molecular weight excluding hydrogens is 506 g/mol. The lowest BCUT2D eigenvalue weighted by atomic mass is 9.46. The molecule has 0 aromatic rings. The summed E-state index contributed by atoms with van der Waals surface area (Å²) in [5.41, 5.74) is 0.0373. The number of hydrogen-bond donors (Lipinski definition) is 2. The Morgan fingerprint density at radius 2 is 1.68 bits per heavy atom. The van der Waals surface area contributed by atoms with E-state index in [0.717, 1.165) is 31.6 Å². The van der Waals surface area contributed by atoms with Crippen LogP contribution in [-0.4, -0.2) is 77.5 Å². The number of hydrogen-bond acceptors (Lipinski definition) is 6. The van der Waals surface area contributed by atoms with Gasteiger partial charge >= 0.3 is 6.09 Å². The average molecular weight is 560 g/mol. The first-order valence-electron chi connectivity index (χ1n) is 16.4. The van der Waals surface area contributed by atoms with E-state index in [1.54, 1.807) is 13.8 Å². The third-order valence-corrected chi connectivity index (χ3v) is 14.1. The van der Waals surface area contributed by atoms with Gasteiger partial charge in [-0.3, -0.25) is 0 Å². The third kappa shape index (κ3) is 3.78. The van der Waals surface area contributed by atoms with Gasteiger partial charge in [0.25, 0.3) is 0 Å². The van der Waals surface area contributed by atoms with E-state index in [9.17, 15) is 15.0 Å². The van der Waals surface area contributed by atoms with Gasteiger partial charge in [0, 0.05) is 18.5 Å². The molecule has 2 saturated heterocycles. The zero-order valence-electron chi connectivity index (χ0n) is 25.5. The van der Waals surface area contributed by atoms with Crippen LogP contribution in [0.25, 0.3) is 0 Å². The van der Waals surface area contributed by atoms with Crippen molar-refractivity contribution < 1.29 is 29.2 Å². The van der Waals surface area contributed by atoms with E-state index in [-0.39, 0.29) is 29.8 Å². The van der Waals surface area contributed by atoms with Crippen molar-refractivity contribution >= 4 is 6.09 Å². The molecule has 5 saturated carbocycles. The van der Waals surface area contributed by atoms with Crippen molar-refractivity contribution in [2.45, 2.75) is 129 Å². The summed E-state index contributed by atoms with van der Waals surface area (Å²) in [7, 11) is 0. The lowest BCUT2D eigenvalue weighted by Crippen LogP contribution is -2.56. The summed E-state index contributed by atoms with van der Waals surface area (Å²) < 4.78 is 18.4. The molecule has 2 heterocycles. The van der Waals surface area contributed by atoms with E-state index < -0.39 is 11.7 Å². The summed E-state index contributed by atoms with van der Waals surface area (Å²) >= 11 is 0. The molecule has 0 bridgehead atoms. The Labute approximate surface area is 240 Å². The summed E-state index contributed by atoms with van der Waals surface area (Å²) in [5, 5.41) is 21.3. The normalized spacial score (nSPS) is 50.0. The maximum absolute atomic E-state index is 13.0. The highest BCUT2D eigenvalue weighted by Gasteiger charge is 2.81. The SMILES string of the molecule is CC12CC[C@@]34C[C@@]35CC[C@H](OC(=O)N3CCOCC3)C(C)(C)C5CCC4C1CC1OC([C@H](O)C(C)(C)O)CCC12. The summed E-state index contributed by atoms with van der Waals surface area (Å²) in [5.74, 6) is 2.63. The van der Waals surface area contributed by atoms with Gasteiger partial charge in [0.1, 0.15) is 12.2 Å². The number of ether oxygens (including phenoxy) is 3. The van der Waals surface area contributed by atoms with Crippen molar-refractivity contribution in [2.24, 2.45) is 45.3 Å². The predicted octanol–water partition coefficient (Wildman–Crippen LogP) is 5.16. The van der Waals surface area contributed by atoms with Crippen LogP contribution < -0.4 is 0 Å². The second kappa shape index (κ2) is 9.06. The number of carbonyl (C=O) groups excluding carboxylic acids is 1. The molecule has 7 unspecified atom stereocenters. The number of nitrogens with zero attached hydrogens (tertiary/aromatic N) is 1. The maximum Gasteiger partial charge on any atom is 0.410 e. The van der Waals surface area contributed by atoms with Gasteiger partial charge in [-0.05, 0) is 118 Å². The maximum atomic E-state index is 13.0. The number of morpholine rings is 1. The minimum absolute atomic E-state index is 0.0107. The van der Waals surface area contributed by atoms with Crippen molar-refractivity contribution in [2.75, 3.05) is 26.3 Å². The number of aliphatic hydroxyl groups is 2. The first-order valence-corrected chi connectivity index (χ1v) is 16.4. The molecule has 2 N–H and O–H groups in total. The van der Waals surface area contributed by atoms with E-state index in [1.165, 1.54) is 38.5 Å². The largest absolute Gasteiger partial charge is 0.446 e. The standard InChI is InChI=1S/C33H53NO6/c1-29(2)25-9-7-20-22-18-24-21(6-8-23(39-24)27(35)30(3,4)37)31(22,5)12-13-32(20)19-33(25,32)11-10-26(29)40-28(36)34-14-16-38-17-15-34/h20-27,35,37H,6-19H2,1-5H3/t20?,21?,22?,23?,24?,25?,26-,27-,31?,32-,33+/m0/s1.